The summed E-state index contributed by atoms with van der Waals surface area (Å²) >= 11 is 0. The van der Waals surface area contributed by atoms with Crippen LogP contribution in [0.1, 0.15) is 43.7 Å². The summed E-state index contributed by atoms with van der Waals surface area (Å²) in [6.45, 7) is 3.96. The van der Waals surface area contributed by atoms with Crippen LogP contribution in [0.25, 0.3) is 0 Å². The lowest BCUT2D eigenvalue weighted by molar-refractivity contribution is -0.386. The van der Waals surface area contributed by atoms with E-state index in [0.29, 0.717) is 35.5 Å². The monoisotopic (exact) mass is 400 g/mol. The fraction of sp³-hybridized carbons (Fsp3) is 0.368. The van der Waals surface area contributed by atoms with E-state index in [4.69, 9.17) is 4.74 Å². The summed E-state index contributed by atoms with van der Waals surface area (Å²) < 4.78 is 5.10. The maximum atomic E-state index is 13.1. The van der Waals surface area contributed by atoms with Crippen molar-refractivity contribution in [1.82, 2.24) is 10.2 Å². The van der Waals surface area contributed by atoms with Gasteiger partial charge in [0, 0.05) is 29.7 Å². The molecule has 1 atom stereocenters. The van der Waals surface area contributed by atoms with E-state index in [1.165, 1.54) is 19.2 Å². The number of phenolic OH excluding ortho intramolecular Hbond substituents is 1. The minimum absolute atomic E-state index is 0.105. The van der Waals surface area contributed by atoms with Crippen LogP contribution in [0, 0.1) is 15.5 Å². The third kappa shape index (κ3) is 2.87. The van der Waals surface area contributed by atoms with Gasteiger partial charge < -0.3 is 15.2 Å². The SMILES string of the molecule is COc1cc([C@H]2C3=C(CC(C)(C)CC3=O)Nc3[nH][nH]c(=O)c32)cc([N+](=O)[O-])c1O. The molecule has 2 aliphatic rings. The number of allylic oxidation sites excluding steroid dienone is 2. The van der Waals surface area contributed by atoms with Crippen molar-refractivity contribution < 1.29 is 19.6 Å². The molecule has 1 aromatic carbocycles. The fourth-order valence-electron chi connectivity index (χ4n) is 4.23. The molecule has 2 aromatic rings. The number of phenols is 1. The molecule has 1 aromatic heterocycles. The molecular weight excluding hydrogens is 380 g/mol. The van der Waals surface area contributed by atoms with E-state index in [2.05, 4.69) is 15.5 Å². The summed E-state index contributed by atoms with van der Waals surface area (Å²) in [5, 5.41) is 30.0. The summed E-state index contributed by atoms with van der Waals surface area (Å²) in [6, 6.07) is 2.61. The Kier molecular flexibility index (Phi) is 4.03. The maximum Gasteiger partial charge on any atom is 0.314 e. The van der Waals surface area contributed by atoms with Crippen molar-refractivity contribution in [2.45, 2.75) is 32.6 Å². The number of carbonyl (C=O) groups excluding carboxylic acids is 1. The van der Waals surface area contributed by atoms with E-state index >= 15 is 0 Å². The quantitative estimate of drug-likeness (QED) is 0.456. The summed E-state index contributed by atoms with van der Waals surface area (Å²) in [5.74, 6) is -1.25. The van der Waals surface area contributed by atoms with Crippen LogP contribution in [0.4, 0.5) is 11.5 Å². The molecule has 0 fully saturated rings. The number of ether oxygens (including phenoxy) is 1. The molecule has 0 radical (unpaired) electrons. The number of anilines is 1. The number of hydrogen-bond donors (Lipinski definition) is 4. The van der Waals surface area contributed by atoms with Gasteiger partial charge in [-0.05, 0) is 23.5 Å². The molecule has 29 heavy (non-hydrogen) atoms. The van der Waals surface area contributed by atoms with E-state index in [-0.39, 0.29) is 22.5 Å². The molecule has 1 aliphatic heterocycles. The van der Waals surface area contributed by atoms with Gasteiger partial charge in [-0.2, -0.15) is 0 Å². The summed E-state index contributed by atoms with van der Waals surface area (Å²) in [4.78, 5) is 36.3. The van der Waals surface area contributed by atoms with Crippen LogP contribution in [0.5, 0.6) is 11.5 Å². The molecule has 10 heteroatoms. The number of H-pyrrole nitrogens is 2. The molecule has 0 bridgehead atoms. The lowest BCUT2D eigenvalue weighted by Gasteiger charge is -2.37. The predicted octanol–water partition coefficient (Wildman–Crippen LogP) is 2.53. The Hall–Kier alpha value is -3.56. The van der Waals surface area contributed by atoms with Crippen molar-refractivity contribution in [3.8, 4) is 11.5 Å². The van der Waals surface area contributed by atoms with E-state index in [0.717, 1.165) is 0 Å². The third-order valence-corrected chi connectivity index (χ3v) is 5.42. The number of benzene rings is 1. The van der Waals surface area contributed by atoms with Crippen LogP contribution < -0.4 is 15.6 Å². The van der Waals surface area contributed by atoms with Crippen molar-refractivity contribution in [3.63, 3.8) is 0 Å². The number of aromatic nitrogens is 2. The Morgan fingerprint density at radius 1 is 1.24 bits per heavy atom. The number of nitrogens with zero attached hydrogens (tertiary/aromatic N) is 1. The molecule has 10 nitrogen and oxygen atoms in total. The lowest BCUT2D eigenvalue weighted by atomic mass is 9.69. The molecule has 0 saturated heterocycles. The van der Waals surface area contributed by atoms with Crippen molar-refractivity contribution >= 4 is 17.3 Å². The molecule has 4 N–H and O–H groups in total. The van der Waals surface area contributed by atoms with Crippen LogP contribution in [0.15, 0.2) is 28.2 Å². The van der Waals surface area contributed by atoms with Crippen molar-refractivity contribution in [2.75, 3.05) is 12.4 Å². The number of ketones is 1. The smallest absolute Gasteiger partial charge is 0.314 e. The number of aromatic amines is 2. The topological polar surface area (TPSA) is 150 Å². The van der Waals surface area contributed by atoms with Gasteiger partial charge in [0.05, 0.1) is 17.6 Å². The van der Waals surface area contributed by atoms with E-state index < -0.39 is 27.8 Å². The second-order valence-electron chi connectivity index (χ2n) is 8.11. The number of carbonyl (C=O) groups is 1. The number of fused-ring (bicyclic) bond motifs is 1. The van der Waals surface area contributed by atoms with Crippen molar-refractivity contribution in [2.24, 2.45) is 5.41 Å². The molecule has 0 spiro atoms. The number of hydrogen-bond acceptors (Lipinski definition) is 7. The van der Waals surface area contributed by atoms with Gasteiger partial charge in [0.15, 0.2) is 11.5 Å². The highest BCUT2D eigenvalue weighted by molar-refractivity contribution is 6.01. The van der Waals surface area contributed by atoms with Gasteiger partial charge in [0.2, 0.25) is 5.75 Å². The second-order valence-corrected chi connectivity index (χ2v) is 8.11. The lowest BCUT2D eigenvalue weighted by Crippen LogP contribution is -2.35. The highest BCUT2D eigenvalue weighted by Crippen LogP contribution is 2.49. The second kappa shape index (κ2) is 6.23. The van der Waals surface area contributed by atoms with Gasteiger partial charge in [-0.3, -0.25) is 29.9 Å². The zero-order valence-corrected chi connectivity index (χ0v) is 16.1. The minimum atomic E-state index is -0.826. The Bertz CT molecular complexity index is 1140. The average Bonchev–Trinajstić information content (AvgIpc) is 2.99. The zero-order valence-electron chi connectivity index (χ0n) is 16.1. The number of nitro benzene ring substituents is 1. The number of Topliss-reactive ketones (excluding diaryl/α,β-unsaturated/α-hetero) is 1. The minimum Gasteiger partial charge on any atom is -0.500 e. The first-order chi connectivity index (χ1) is 13.6. The largest absolute Gasteiger partial charge is 0.500 e. The molecule has 0 saturated carbocycles. The highest BCUT2D eigenvalue weighted by Gasteiger charge is 2.43. The first kappa shape index (κ1) is 18.8. The first-order valence-corrected chi connectivity index (χ1v) is 9.02. The zero-order chi connectivity index (χ0) is 21.1. The van der Waals surface area contributed by atoms with Crippen molar-refractivity contribution in [3.05, 3.63) is 55.0 Å². The number of methoxy groups -OCH3 is 1. The van der Waals surface area contributed by atoms with Crippen LogP contribution in [0.2, 0.25) is 0 Å². The number of rotatable bonds is 3. The van der Waals surface area contributed by atoms with Gasteiger partial charge in [0.25, 0.3) is 5.56 Å². The van der Waals surface area contributed by atoms with Gasteiger partial charge in [-0.1, -0.05) is 13.8 Å². The fourth-order valence-corrected chi connectivity index (χ4v) is 4.23. The maximum absolute atomic E-state index is 13.1. The van der Waals surface area contributed by atoms with E-state index in [9.17, 15) is 24.8 Å². The Labute approximate surface area is 164 Å². The third-order valence-electron chi connectivity index (χ3n) is 5.42. The van der Waals surface area contributed by atoms with E-state index in [1.807, 2.05) is 13.8 Å². The van der Waals surface area contributed by atoms with Crippen molar-refractivity contribution in [1.29, 1.82) is 0 Å². The number of nitro groups is 1. The summed E-state index contributed by atoms with van der Waals surface area (Å²) in [5.41, 5.74) is 0.407. The first-order valence-electron chi connectivity index (χ1n) is 9.02. The molecule has 4 rings (SSSR count). The van der Waals surface area contributed by atoms with Crippen LogP contribution in [0.3, 0.4) is 0 Å². The standard InChI is InChI=1S/C19H20N4O6/c1-19(2)6-9-14(11(24)7-19)13(15-17(20-9)21-22-18(15)26)8-4-10(23(27)28)16(25)12(5-8)29-3/h4-5,13,25H,6-7H2,1-3H3,(H3,20,21,22,26)/t13-/m0/s1. The Morgan fingerprint density at radius 2 is 1.97 bits per heavy atom. The molecule has 152 valence electrons. The number of aromatic hydroxyl groups is 1. The molecule has 0 unspecified atom stereocenters. The van der Waals surface area contributed by atoms with Gasteiger partial charge in [-0.15, -0.1) is 0 Å². The number of nitrogens with one attached hydrogen (secondary N) is 3. The summed E-state index contributed by atoms with van der Waals surface area (Å²) in [7, 11) is 1.28. The van der Waals surface area contributed by atoms with Crippen LogP contribution in [-0.4, -0.2) is 33.1 Å². The molecular formula is C19H20N4O6. The molecule has 2 heterocycles. The van der Waals surface area contributed by atoms with Crippen LogP contribution in [-0.2, 0) is 4.79 Å². The predicted molar refractivity (Wildman–Crippen MR) is 103 cm³/mol. The normalized spacial score (nSPS) is 20.0. The molecule has 1 aliphatic carbocycles. The molecule has 0 amide bonds. The van der Waals surface area contributed by atoms with Crippen LogP contribution >= 0.6 is 0 Å². The highest BCUT2D eigenvalue weighted by atomic mass is 16.6. The average molecular weight is 400 g/mol. The Morgan fingerprint density at radius 3 is 2.62 bits per heavy atom. The van der Waals surface area contributed by atoms with Gasteiger partial charge in [-0.25, -0.2) is 0 Å². The Balaban J connectivity index is 2.00. The van der Waals surface area contributed by atoms with Gasteiger partial charge in [0.1, 0.15) is 5.82 Å². The summed E-state index contributed by atoms with van der Waals surface area (Å²) in [6.07, 6.45) is 0.869. The van der Waals surface area contributed by atoms with E-state index in [1.54, 1.807) is 0 Å². The van der Waals surface area contributed by atoms with Gasteiger partial charge >= 0.3 is 5.69 Å².